The van der Waals surface area contributed by atoms with E-state index in [0.29, 0.717) is 24.6 Å². The molecular weight excluding hydrogens is 328 g/mol. The van der Waals surface area contributed by atoms with E-state index in [2.05, 4.69) is 4.98 Å². The minimum atomic E-state index is -3.57. The van der Waals surface area contributed by atoms with Gasteiger partial charge >= 0.3 is 0 Å². The summed E-state index contributed by atoms with van der Waals surface area (Å²) in [6.07, 6.45) is 0.545. The molecule has 0 N–H and O–H groups in total. The van der Waals surface area contributed by atoms with Crippen molar-refractivity contribution in [3.05, 3.63) is 41.1 Å². The number of sulfonamides is 1. The number of methoxy groups -OCH3 is 1. The maximum Gasteiger partial charge on any atom is 0.243 e. The Hall–Kier alpha value is -1.86. The highest BCUT2D eigenvalue weighted by Crippen LogP contribution is 2.29. The molecule has 0 fully saturated rings. The van der Waals surface area contributed by atoms with Crippen molar-refractivity contribution in [1.29, 1.82) is 0 Å². The lowest BCUT2D eigenvalue weighted by atomic mass is 10.2. The summed E-state index contributed by atoms with van der Waals surface area (Å²) in [7, 11) is -2.00. The Labute approximate surface area is 142 Å². The Morgan fingerprint density at radius 3 is 2.71 bits per heavy atom. The lowest BCUT2D eigenvalue weighted by Gasteiger charge is -2.25. The van der Waals surface area contributed by atoms with E-state index in [0.717, 1.165) is 17.0 Å². The van der Waals surface area contributed by atoms with Crippen LogP contribution in [0.15, 0.2) is 27.5 Å². The van der Waals surface area contributed by atoms with Crippen molar-refractivity contribution < 1.29 is 17.6 Å². The summed E-state index contributed by atoms with van der Waals surface area (Å²) in [6, 6.07) is 4.91. The van der Waals surface area contributed by atoms with Crippen molar-refractivity contribution in [2.75, 3.05) is 13.7 Å². The van der Waals surface area contributed by atoms with E-state index in [9.17, 15) is 8.42 Å². The second-order valence-electron chi connectivity index (χ2n) is 6.30. The van der Waals surface area contributed by atoms with Crippen molar-refractivity contribution in [3.63, 3.8) is 0 Å². The zero-order chi connectivity index (χ0) is 17.5. The number of hydrogen-bond acceptors (Lipinski definition) is 5. The zero-order valence-electron chi connectivity index (χ0n) is 14.4. The van der Waals surface area contributed by atoms with Gasteiger partial charge in [0, 0.05) is 18.9 Å². The lowest BCUT2D eigenvalue weighted by molar-refractivity contribution is 0.354. The Bertz CT molecular complexity index is 855. The Kier molecular flexibility index (Phi) is 4.40. The molecule has 130 valence electrons. The van der Waals surface area contributed by atoms with Crippen LogP contribution in [0.1, 0.15) is 42.7 Å². The SMILES string of the molecule is COc1ccc(S(=O)(=O)N2CCc3oc(C(C)C)nc3C2)cc1C. The van der Waals surface area contributed by atoms with Gasteiger partial charge in [0.05, 0.1) is 24.2 Å². The molecule has 1 aliphatic heterocycles. The van der Waals surface area contributed by atoms with E-state index >= 15 is 0 Å². The van der Waals surface area contributed by atoms with Crippen LogP contribution in [0.5, 0.6) is 5.75 Å². The highest BCUT2D eigenvalue weighted by molar-refractivity contribution is 7.89. The zero-order valence-corrected chi connectivity index (χ0v) is 15.2. The molecule has 24 heavy (non-hydrogen) atoms. The molecule has 0 aliphatic carbocycles. The first-order valence-corrected chi connectivity index (χ1v) is 9.40. The fraction of sp³-hybridized carbons (Fsp3) is 0.471. The number of hydrogen-bond donors (Lipinski definition) is 0. The van der Waals surface area contributed by atoms with E-state index in [1.54, 1.807) is 25.3 Å². The third kappa shape index (κ3) is 2.93. The highest BCUT2D eigenvalue weighted by Gasteiger charge is 2.31. The van der Waals surface area contributed by atoms with Gasteiger partial charge in [0.1, 0.15) is 11.5 Å². The molecule has 1 aliphatic rings. The van der Waals surface area contributed by atoms with Crippen molar-refractivity contribution in [3.8, 4) is 5.75 Å². The number of fused-ring (bicyclic) bond motifs is 1. The van der Waals surface area contributed by atoms with Crippen LogP contribution in [0.2, 0.25) is 0 Å². The molecule has 2 heterocycles. The molecule has 0 saturated heterocycles. The molecule has 6 nitrogen and oxygen atoms in total. The Morgan fingerprint density at radius 2 is 2.08 bits per heavy atom. The highest BCUT2D eigenvalue weighted by atomic mass is 32.2. The van der Waals surface area contributed by atoms with Crippen LogP contribution in [0.25, 0.3) is 0 Å². The molecule has 2 aromatic rings. The summed E-state index contributed by atoms with van der Waals surface area (Å²) in [5.41, 5.74) is 1.51. The molecule has 0 amide bonds. The first-order chi connectivity index (χ1) is 11.3. The molecule has 0 radical (unpaired) electrons. The molecule has 0 unspecified atom stereocenters. The Morgan fingerprint density at radius 1 is 1.33 bits per heavy atom. The van der Waals surface area contributed by atoms with Gasteiger partial charge < -0.3 is 9.15 Å². The normalized spacial score (nSPS) is 15.5. The number of oxazole rings is 1. The second-order valence-corrected chi connectivity index (χ2v) is 8.23. The van der Waals surface area contributed by atoms with Gasteiger partial charge in [-0.2, -0.15) is 4.31 Å². The number of benzene rings is 1. The largest absolute Gasteiger partial charge is 0.496 e. The van der Waals surface area contributed by atoms with Crippen LogP contribution in [-0.4, -0.2) is 31.4 Å². The maximum atomic E-state index is 12.9. The molecule has 1 aromatic carbocycles. The van der Waals surface area contributed by atoms with Crippen molar-refractivity contribution >= 4 is 10.0 Å². The van der Waals surface area contributed by atoms with E-state index in [-0.39, 0.29) is 17.4 Å². The van der Waals surface area contributed by atoms with Gasteiger partial charge in [-0.25, -0.2) is 13.4 Å². The van der Waals surface area contributed by atoms with Crippen molar-refractivity contribution in [2.24, 2.45) is 0 Å². The minimum Gasteiger partial charge on any atom is -0.496 e. The van der Waals surface area contributed by atoms with Gasteiger partial charge in [0.25, 0.3) is 0 Å². The molecule has 0 saturated carbocycles. The van der Waals surface area contributed by atoms with E-state index < -0.39 is 10.0 Å². The lowest BCUT2D eigenvalue weighted by Crippen LogP contribution is -2.35. The number of aryl methyl sites for hydroxylation is 1. The van der Waals surface area contributed by atoms with Crippen LogP contribution < -0.4 is 4.74 Å². The molecule has 3 rings (SSSR count). The summed E-state index contributed by atoms with van der Waals surface area (Å²) in [5.74, 6) is 2.33. The smallest absolute Gasteiger partial charge is 0.243 e. The fourth-order valence-electron chi connectivity index (χ4n) is 2.81. The van der Waals surface area contributed by atoms with Gasteiger partial charge in [0.2, 0.25) is 10.0 Å². The predicted octanol–water partition coefficient (Wildman–Crippen LogP) is 2.86. The van der Waals surface area contributed by atoms with Gasteiger partial charge in [-0.05, 0) is 30.7 Å². The van der Waals surface area contributed by atoms with E-state index in [1.807, 2.05) is 20.8 Å². The first-order valence-electron chi connectivity index (χ1n) is 7.96. The number of aromatic nitrogens is 1. The summed E-state index contributed by atoms with van der Waals surface area (Å²) in [6.45, 7) is 6.49. The summed E-state index contributed by atoms with van der Waals surface area (Å²) < 4.78 is 38.2. The second kappa shape index (κ2) is 6.22. The van der Waals surface area contributed by atoms with Gasteiger partial charge in [-0.3, -0.25) is 0 Å². The van der Waals surface area contributed by atoms with Gasteiger partial charge in [0.15, 0.2) is 5.89 Å². The van der Waals surface area contributed by atoms with Crippen molar-refractivity contribution in [2.45, 2.75) is 44.6 Å². The maximum absolute atomic E-state index is 12.9. The van der Waals surface area contributed by atoms with E-state index in [1.165, 1.54) is 4.31 Å². The van der Waals surface area contributed by atoms with Gasteiger partial charge in [-0.1, -0.05) is 13.8 Å². The quantitative estimate of drug-likeness (QED) is 0.848. The molecule has 0 bridgehead atoms. The number of rotatable bonds is 4. The van der Waals surface area contributed by atoms with Crippen LogP contribution >= 0.6 is 0 Å². The predicted molar refractivity (Wildman–Crippen MR) is 89.6 cm³/mol. The third-order valence-corrected chi connectivity index (χ3v) is 6.05. The third-order valence-electron chi connectivity index (χ3n) is 4.21. The Balaban J connectivity index is 1.89. The van der Waals surface area contributed by atoms with Crippen LogP contribution in [0.3, 0.4) is 0 Å². The minimum absolute atomic E-state index is 0.185. The summed E-state index contributed by atoms with van der Waals surface area (Å²) in [4.78, 5) is 4.73. The van der Waals surface area contributed by atoms with E-state index in [4.69, 9.17) is 9.15 Å². The number of ether oxygens (including phenoxy) is 1. The first kappa shape index (κ1) is 17.0. The summed E-state index contributed by atoms with van der Waals surface area (Å²) >= 11 is 0. The average molecular weight is 350 g/mol. The molecule has 0 atom stereocenters. The molecule has 7 heteroatoms. The molecule has 0 spiro atoms. The monoisotopic (exact) mass is 350 g/mol. The average Bonchev–Trinajstić information content (AvgIpc) is 2.98. The molecule has 1 aromatic heterocycles. The fourth-order valence-corrected chi connectivity index (χ4v) is 4.29. The van der Waals surface area contributed by atoms with Gasteiger partial charge in [-0.15, -0.1) is 0 Å². The number of nitrogens with zero attached hydrogens (tertiary/aromatic N) is 2. The molecular formula is C17H22N2O4S. The summed E-state index contributed by atoms with van der Waals surface area (Å²) in [5, 5.41) is 0. The standard InChI is InChI=1S/C17H22N2O4S/c1-11(2)17-18-14-10-19(8-7-16(14)23-17)24(20,21)13-5-6-15(22-4)12(3)9-13/h5-6,9,11H,7-8,10H2,1-4H3. The van der Waals surface area contributed by atoms with Crippen molar-refractivity contribution in [1.82, 2.24) is 9.29 Å². The van der Waals surface area contributed by atoms with Crippen LogP contribution in [0, 0.1) is 6.92 Å². The topological polar surface area (TPSA) is 72.6 Å². The van der Waals surface area contributed by atoms with Crippen LogP contribution in [-0.2, 0) is 23.0 Å². The van der Waals surface area contributed by atoms with Crippen LogP contribution in [0.4, 0.5) is 0 Å².